The number of nitrogens with zero attached hydrogens (tertiary/aromatic N) is 4. The zero-order chi connectivity index (χ0) is 25.4. The minimum Gasteiger partial charge on any atom is -0.497 e. The number of carbonyl (C=O) groups is 1. The zero-order valence-electron chi connectivity index (χ0n) is 21.3. The van der Waals surface area contributed by atoms with Crippen LogP contribution in [0.5, 0.6) is 5.75 Å². The Bertz CT molecular complexity index is 1300. The van der Waals surface area contributed by atoms with Crippen molar-refractivity contribution in [2.24, 2.45) is 5.92 Å². The predicted octanol–water partition coefficient (Wildman–Crippen LogP) is 3.93. The third-order valence-corrected chi connectivity index (χ3v) is 7.61. The maximum atomic E-state index is 13.1. The van der Waals surface area contributed by atoms with Crippen molar-refractivity contribution in [2.75, 3.05) is 39.2 Å². The first kappa shape index (κ1) is 24.3. The highest BCUT2D eigenvalue weighted by molar-refractivity contribution is 5.99. The molecule has 3 heterocycles. The predicted molar refractivity (Wildman–Crippen MR) is 139 cm³/mol. The number of Topliss-reactive ketones (excluding diaryl/α,β-unsaturated/α-hetero) is 1. The van der Waals surface area contributed by atoms with Crippen LogP contribution in [0.2, 0.25) is 0 Å². The Morgan fingerprint density at radius 3 is 2.81 bits per heavy atom. The molecule has 5 rings (SSSR count). The van der Waals surface area contributed by atoms with Gasteiger partial charge in [-0.05, 0) is 62.1 Å². The number of fused-ring (bicyclic) bond motifs is 1. The van der Waals surface area contributed by atoms with Crippen LogP contribution in [0, 0.1) is 12.8 Å². The van der Waals surface area contributed by atoms with Crippen molar-refractivity contribution in [3.63, 3.8) is 0 Å². The zero-order valence-corrected chi connectivity index (χ0v) is 21.3. The van der Waals surface area contributed by atoms with E-state index in [-0.39, 0.29) is 17.8 Å². The van der Waals surface area contributed by atoms with E-state index in [0.717, 1.165) is 59.7 Å². The normalized spacial score (nSPS) is 19.6. The van der Waals surface area contributed by atoms with Gasteiger partial charge in [0, 0.05) is 65.9 Å². The maximum Gasteiger partial charge on any atom is 0.227 e. The molecule has 3 aromatic rings. The molecule has 2 N–H and O–H groups in total. The summed E-state index contributed by atoms with van der Waals surface area (Å²) in [5, 5.41) is 13.2. The molecule has 1 atom stereocenters. The quantitative estimate of drug-likeness (QED) is 0.461. The lowest BCUT2D eigenvalue weighted by Gasteiger charge is -2.35. The minimum absolute atomic E-state index is 0.0926. The van der Waals surface area contributed by atoms with Crippen molar-refractivity contribution in [1.82, 2.24) is 19.9 Å². The Kier molecular flexibility index (Phi) is 6.49. The molecule has 36 heavy (non-hydrogen) atoms. The van der Waals surface area contributed by atoms with E-state index in [4.69, 9.17) is 9.72 Å². The molecule has 0 radical (unpaired) electrons. The van der Waals surface area contributed by atoms with Crippen molar-refractivity contribution in [3.8, 4) is 17.0 Å². The van der Waals surface area contributed by atoms with Crippen LogP contribution in [0.3, 0.4) is 0 Å². The summed E-state index contributed by atoms with van der Waals surface area (Å²) in [6.45, 7) is 6.01. The van der Waals surface area contributed by atoms with Gasteiger partial charge in [-0.15, -0.1) is 0 Å². The molecule has 0 saturated carbocycles. The van der Waals surface area contributed by atoms with Gasteiger partial charge in [0.25, 0.3) is 0 Å². The topological polar surface area (TPSA) is 100 Å². The monoisotopic (exact) mass is 487 g/mol. The number of hydrogen-bond donors (Lipinski definition) is 2. The van der Waals surface area contributed by atoms with E-state index in [1.807, 2.05) is 31.3 Å². The Morgan fingerprint density at radius 2 is 2.08 bits per heavy atom. The van der Waals surface area contributed by atoms with E-state index in [1.54, 1.807) is 13.3 Å². The highest BCUT2D eigenvalue weighted by Crippen LogP contribution is 2.39. The number of aliphatic hydroxyl groups excluding tert-OH is 1. The van der Waals surface area contributed by atoms with E-state index in [0.29, 0.717) is 29.6 Å². The molecular weight excluding hydrogens is 454 g/mol. The third kappa shape index (κ3) is 4.58. The molecule has 2 aromatic heterocycles. The van der Waals surface area contributed by atoms with Crippen LogP contribution in [0.25, 0.3) is 11.3 Å². The number of likely N-dealkylation sites (tertiary alicyclic amines) is 1. The molecule has 1 unspecified atom stereocenters. The van der Waals surface area contributed by atoms with Crippen molar-refractivity contribution in [1.29, 1.82) is 0 Å². The van der Waals surface area contributed by atoms with Gasteiger partial charge in [-0.2, -0.15) is 0 Å². The number of ether oxygens (including phenoxy) is 1. The molecule has 2 aliphatic rings. The first-order chi connectivity index (χ1) is 17.3. The highest BCUT2D eigenvalue weighted by Gasteiger charge is 2.35. The Morgan fingerprint density at radius 1 is 1.28 bits per heavy atom. The van der Waals surface area contributed by atoms with Gasteiger partial charge in [-0.3, -0.25) is 9.78 Å². The molecule has 8 heteroatoms. The van der Waals surface area contributed by atoms with E-state index in [1.165, 1.54) is 0 Å². The van der Waals surface area contributed by atoms with Gasteiger partial charge in [0.2, 0.25) is 5.95 Å². The van der Waals surface area contributed by atoms with Crippen LogP contribution in [-0.4, -0.2) is 64.6 Å². The summed E-state index contributed by atoms with van der Waals surface area (Å²) < 4.78 is 5.50. The summed E-state index contributed by atoms with van der Waals surface area (Å²) >= 11 is 0. The maximum absolute atomic E-state index is 13.1. The fourth-order valence-electron chi connectivity index (χ4n) is 5.30. The number of rotatable bonds is 8. The Balaban J connectivity index is 1.42. The van der Waals surface area contributed by atoms with E-state index in [2.05, 4.69) is 40.2 Å². The largest absolute Gasteiger partial charge is 0.497 e. The second-order valence-corrected chi connectivity index (χ2v) is 10.4. The number of aryl methyl sites for hydroxylation is 1. The Hall–Kier alpha value is -3.36. The number of carbonyl (C=O) groups excluding carboxylic acids is 1. The van der Waals surface area contributed by atoms with Gasteiger partial charge in [0.15, 0.2) is 5.78 Å². The summed E-state index contributed by atoms with van der Waals surface area (Å²) in [5.41, 5.74) is 5.71. The van der Waals surface area contributed by atoms with E-state index in [9.17, 15) is 9.90 Å². The number of ketones is 1. The number of benzene rings is 1. The summed E-state index contributed by atoms with van der Waals surface area (Å²) in [6.07, 6.45) is 5.83. The fourth-order valence-corrected chi connectivity index (χ4v) is 5.30. The van der Waals surface area contributed by atoms with Crippen LogP contribution >= 0.6 is 0 Å². The average molecular weight is 488 g/mol. The smallest absolute Gasteiger partial charge is 0.227 e. The molecule has 0 amide bonds. The van der Waals surface area contributed by atoms with Gasteiger partial charge in [0.1, 0.15) is 5.75 Å². The molecular formula is C28H33N5O3. The lowest BCUT2D eigenvalue weighted by atomic mass is 9.85. The number of pyridine rings is 1. The van der Waals surface area contributed by atoms with Crippen molar-refractivity contribution in [2.45, 2.75) is 38.5 Å². The third-order valence-electron chi connectivity index (χ3n) is 7.61. The number of nitrogens with one attached hydrogen (secondary N) is 1. The van der Waals surface area contributed by atoms with Gasteiger partial charge in [-0.1, -0.05) is 6.92 Å². The van der Waals surface area contributed by atoms with E-state index < -0.39 is 0 Å². The lowest BCUT2D eigenvalue weighted by Crippen LogP contribution is -2.44. The lowest BCUT2D eigenvalue weighted by molar-refractivity contribution is 0.0835. The van der Waals surface area contributed by atoms with Crippen molar-refractivity contribution in [3.05, 3.63) is 59.0 Å². The molecule has 0 bridgehead atoms. The molecule has 188 valence electrons. The molecule has 1 aliphatic heterocycles. The highest BCUT2D eigenvalue weighted by atomic mass is 16.5. The number of hydrogen-bond acceptors (Lipinski definition) is 8. The standard InChI is InChI=1S/C28H33N5O3/c1-17-21(26(35)9-18-14-33(3)15-18)11-20(36-4)12-25(17)32-27-29-8-6-23(31-27)19-10-22-24(30-13-19)5-7-28(22,2)16-34/h6,8,10-13,18,34H,5,7,9,14-16H2,1-4H3,(H,29,31,32). The fraction of sp³-hybridized carbons (Fsp3) is 0.429. The summed E-state index contributed by atoms with van der Waals surface area (Å²) in [7, 11) is 3.67. The molecule has 8 nitrogen and oxygen atoms in total. The van der Waals surface area contributed by atoms with Crippen LogP contribution in [0.4, 0.5) is 11.6 Å². The van der Waals surface area contributed by atoms with Crippen LogP contribution < -0.4 is 10.1 Å². The van der Waals surface area contributed by atoms with Crippen LogP contribution in [0.15, 0.2) is 36.7 Å². The average Bonchev–Trinajstić information content (AvgIpc) is 3.21. The summed E-state index contributed by atoms with van der Waals surface area (Å²) in [6, 6.07) is 7.62. The minimum atomic E-state index is -0.276. The van der Waals surface area contributed by atoms with Gasteiger partial charge >= 0.3 is 0 Å². The Labute approximate surface area is 211 Å². The second kappa shape index (κ2) is 9.59. The number of methoxy groups -OCH3 is 1. The van der Waals surface area contributed by atoms with E-state index >= 15 is 0 Å². The molecule has 1 aliphatic carbocycles. The van der Waals surface area contributed by atoms with Crippen molar-refractivity contribution >= 4 is 17.4 Å². The molecule has 0 spiro atoms. The molecule has 1 saturated heterocycles. The summed E-state index contributed by atoms with van der Waals surface area (Å²) in [5.74, 6) is 1.56. The number of anilines is 2. The SMILES string of the molecule is COc1cc(Nc2nccc(-c3cnc4c(c3)C(C)(CO)CC4)n2)c(C)c(C(=O)CC2CN(C)C2)c1. The van der Waals surface area contributed by atoms with Crippen LogP contribution in [-0.2, 0) is 11.8 Å². The first-order valence-corrected chi connectivity index (χ1v) is 12.4. The molecule has 1 fully saturated rings. The van der Waals surface area contributed by atoms with Crippen molar-refractivity contribution < 1.29 is 14.6 Å². The number of aliphatic hydroxyl groups is 1. The van der Waals surface area contributed by atoms with Gasteiger partial charge < -0.3 is 20.1 Å². The van der Waals surface area contributed by atoms with Gasteiger partial charge in [0.05, 0.1) is 19.4 Å². The number of aromatic nitrogens is 3. The molecule has 1 aromatic carbocycles. The first-order valence-electron chi connectivity index (χ1n) is 12.4. The van der Waals surface area contributed by atoms with Gasteiger partial charge in [-0.25, -0.2) is 9.97 Å². The second-order valence-electron chi connectivity index (χ2n) is 10.4. The van der Waals surface area contributed by atoms with Crippen LogP contribution in [0.1, 0.15) is 46.9 Å². The summed E-state index contributed by atoms with van der Waals surface area (Å²) in [4.78, 5) is 29.1.